The van der Waals surface area contributed by atoms with Gasteiger partial charge in [-0.3, -0.25) is 0 Å². The largest absolute Gasteiger partial charge is 0.388 e. The highest BCUT2D eigenvalue weighted by Gasteiger charge is 2.19. The molecule has 0 saturated heterocycles. The van der Waals surface area contributed by atoms with E-state index in [0.29, 0.717) is 4.90 Å². The Morgan fingerprint density at radius 1 is 1.26 bits per heavy atom. The second-order valence-corrected chi connectivity index (χ2v) is 7.66. The number of thiophene rings is 1. The summed E-state index contributed by atoms with van der Waals surface area (Å²) in [4.78, 5) is 1.93. The summed E-state index contributed by atoms with van der Waals surface area (Å²) in [6, 6.07) is 10.3. The summed E-state index contributed by atoms with van der Waals surface area (Å²) in [6.07, 6.45) is -0.558. The lowest BCUT2D eigenvalue weighted by atomic mass is 10.2. The maximum absolute atomic E-state index is 12.3. The average molecular weight is 296 g/mol. The van der Waals surface area contributed by atoms with Crippen LogP contribution < -0.4 is 0 Å². The van der Waals surface area contributed by atoms with Crippen LogP contribution in [0.4, 0.5) is 0 Å². The van der Waals surface area contributed by atoms with Crippen molar-refractivity contribution in [1.29, 1.82) is 0 Å². The first-order valence-corrected chi connectivity index (χ1v) is 8.42. The first-order valence-electron chi connectivity index (χ1n) is 5.95. The molecule has 2 rings (SSSR count). The molecule has 2 aromatic rings. The number of hydrogen-bond acceptors (Lipinski definition) is 4. The van der Waals surface area contributed by atoms with Crippen molar-refractivity contribution >= 4 is 21.2 Å². The van der Waals surface area contributed by atoms with E-state index in [4.69, 9.17) is 0 Å². The van der Waals surface area contributed by atoms with Crippen molar-refractivity contribution in [3.8, 4) is 0 Å². The van der Waals surface area contributed by atoms with Crippen LogP contribution in [0.25, 0.3) is 0 Å². The Morgan fingerprint density at radius 3 is 2.42 bits per heavy atom. The van der Waals surface area contributed by atoms with Gasteiger partial charge in [0.05, 0.1) is 16.8 Å². The van der Waals surface area contributed by atoms with Gasteiger partial charge >= 0.3 is 0 Å². The Hall–Kier alpha value is -1.17. The van der Waals surface area contributed by atoms with Crippen LogP contribution in [0.3, 0.4) is 0 Å². The van der Waals surface area contributed by atoms with Gasteiger partial charge in [0.1, 0.15) is 0 Å². The number of rotatable bonds is 4. The fraction of sp³-hybridized carbons (Fsp3) is 0.286. The monoisotopic (exact) mass is 296 g/mol. The molecule has 5 heteroatoms. The van der Waals surface area contributed by atoms with E-state index >= 15 is 0 Å². The molecule has 0 saturated carbocycles. The van der Waals surface area contributed by atoms with Gasteiger partial charge in [-0.05, 0) is 37.6 Å². The molecule has 1 unspecified atom stereocenters. The molecule has 0 amide bonds. The molecular formula is C14H16O3S2. The first kappa shape index (κ1) is 14.2. The van der Waals surface area contributed by atoms with Crippen LogP contribution in [0.2, 0.25) is 0 Å². The quantitative estimate of drug-likeness (QED) is 0.943. The second-order valence-electron chi connectivity index (χ2n) is 4.50. The Balaban J connectivity index is 2.31. The third-order valence-corrected chi connectivity index (χ3v) is 6.12. The molecule has 0 fully saturated rings. The molecular weight excluding hydrogens is 280 g/mol. The van der Waals surface area contributed by atoms with Gasteiger partial charge in [0.2, 0.25) is 0 Å². The highest BCUT2D eigenvalue weighted by atomic mass is 32.2. The van der Waals surface area contributed by atoms with Crippen molar-refractivity contribution in [2.45, 2.75) is 30.6 Å². The SMILES string of the molecule is Cc1cc(C(C)O)sc1CS(=O)(=O)c1ccccc1. The molecule has 0 spiro atoms. The predicted molar refractivity (Wildman–Crippen MR) is 77.0 cm³/mol. The van der Waals surface area contributed by atoms with Crippen molar-refractivity contribution in [1.82, 2.24) is 0 Å². The number of aliphatic hydroxyl groups excluding tert-OH is 1. The minimum atomic E-state index is -3.32. The summed E-state index contributed by atoms with van der Waals surface area (Å²) in [6.45, 7) is 3.55. The molecule has 1 heterocycles. The third-order valence-electron chi connectivity index (χ3n) is 2.87. The highest BCUT2D eigenvalue weighted by molar-refractivity contribution is 7.90. The van der Waals surface area contributed by atoms with Gasteiger partial charge in [0, 0.05) is 9.75 Å². The first-order chi connectivity index (χ1) is 8.90. The summed E-state index contributed by atoms with van der Waals surface area (Å²) >= 11 is 1.36. The maximum Gasteiger partial charge on any atom is 0.183 e. The van der Waals surface area contributed by atoms with E-state index in [0.717, 1.165) is 15.3 Å². The molecule has 1 N–H and O–H groups in total. The van der Waals surface area contributed by atoms with E-state index in [2.05, 4.69) is 0 Å². The Labute approximate surface area is 117 Å². The van der Waals surface area contributed by atoms with Crippen LogP contribution in [0.1, 0.15) is 28.3 Å². The molecule has 0 bridgehead atoms. The van der Waals surface area contributed by atoms with Gasteiger partial charge in [-0.1, -0.05) is 18.2 Å². The zero-order valence-electron chi connectivity index (χ0n) is 10.8. The Morgan fingerprint density at radius 2 is 1.89 bits per heavy atom. The fourth-order valence-corrected chi connectivity index (χ4v) is 4.70. The molecule has 102 valence electrons. The maximum atomic E-state index is 12.3. The van der Waals surface area contributed by atoms with Gasteiger partial charge in [-0.25, -0.2) is 8.42 Å². The van der Waals surface area contributed by atoms with E-state index < -0.39 is 15.9 Å². The highest BCUT2D eigenvalue weighted by Crippen LogP contribution is 2.29. The minimum absolute atomic E-state index is 0.0137. The van der Waals surface area contributed by atoms with Crippen molar-refractivity contribution in [2.75, 3.05) is 0 Å². The molecule has 0 aliphatic carbocycles. The van der Waals surface area contributed by atoms with Gasteiger partial charge in [0.15, 0.2) is 9.84 Å². The van der Waals surface area contributed by atoms with E-state index in [9.17, 15) is 13.5 Å². The predicted octanol–water partition coefficient (Wildman–Crippen LogP) is 3.08. The summed E-state index contributed by atoms with van der Waals surface area (Å²) < 4.78 is 24.6. The molecule has 0 aliphatic heterocycles. The molecule has 1 aromatic heterocycles. The van der Waals surface area contributed by atoms with Gasteiger partial charge in [-0.15, -0.1) is 11.3 Å². The van der Waals surface area contributed by atoms with Gasteiger partial charge in [0.25, 0.3) is 0 Å². The molecule has 0 radical (unpaired) electrons. The lowest BCUT2D eigenvalue weighted by Gasteiger charge is -2.03. The molecule has 1 aromatic carbocycles. The molecule has 1 atom stereocenters. The van der Waals surface area contributed by atoms with Crippen LogP contribution in [0, 0.1) is 6.92 Å². The van der Waals surface area contributed by atoms with Crippen molar-refractivity contribution < 1.29 is 13.5 Å². The standard InChI is InChI=1S/C14H16O3S2/c1-10-8-13(11(2)15)18-14(10)9-19(16,17)12-6-4-3-5-7-12/h3-8,11,15H,9H2,1-2H3. The smallest absolute Gasteiger partial charge is 0.183 e. The van der Waals surface area contributed by atoms with Crippen LogP contribution in [0.5, 0.6) is 0 Å². The number of hydrogen-bond donors (Lipinski definition) is 1. The zero-order valence-corrected chi connectivity index (χ0v) is 12.5. The van der Waals surface area contributed by atoms with E-state index in [1.165, 1.54) is 11.3 Å². The minimum Gasteiger partial charge on any atom is -0.388 e. The summed E-state index contributed by atoms with van der Waals surface area (Å²) in [5, 5.41) is 9.54. The van der Waals surface area contributed by atoms with Gasteiger partial charge in [-0.2, -0.15) is 0 Å². The molecule has 19 heavy (non-hydrogen) atoms. The van der Waals surface area contributed by atoms with Crippen LogP contribution in [0.15, 0.2) is 41.3 Å². The van der Waals surface area contributed by atoms with Crippen molar-refractivity contribution in [3.05, 3.63) is 51.7 Å². The lowest BCUT2D eigenvalue weighted by Crippen LogP contribution is -2.04. The van der Waals surface area contributed by atoms with Crippen LogP contribution in [-0.4, -0.2) is 13.5 Å². The summed E-state index contributed by atoms with van der Waals surface area (Å²) in [7, 11) is -3.32. The zero-order chi connectivity index (χ0) is 14.0. The average Bonchev–Trinajstić information content (AvgIpc) is 2.72. The lowest BCUT2D eigenvalue weighted by molar-refractivity contribution is 0.203. The number of sulfone groups is 1. The van der Waals surface area contributed by atoms with Crippen molar-refractivity contribution in [2.24, 2.45) is 0 Å². The van der Waals surface area contributed by atoms with Crippen LogP contribution in [-0.2, 0) is 15.6 Å². The Bertz CT molecular complexity index is 655. The fourth-order valence-electron chi connectivity index (χ4n) is 1.78. The summed E-state index contributed by atoms with van der Waals surface area (Å²) in [5.41, 5.74) is 0.917. The normalized spacial score (nSPS) is 13.4. The van der Waals surface area contributed by atoms with E-state index in [1.807, 2.05) is 13.0 Å². The molecule has 3 nitrogen and oxygen atoms in total. The van der Waals surface area contributed by atoms with Gasteiger partial charge < -0.3 is 5.11 Å². The number of aliphatic hydroxyl groups is 1. The topological polar surface area (TPSA) is 54.4 Å². The van der Waals surface area contributed by atoms with Crippen molar-refractivity contribution in [3.63, 3.8) is 0 Å². The van der Waals surface area contributed by atoms with E-state index in [1.54, 1.807) is 37.3 Å². The van der Waals surface area contributed by atoms with Crippen LogP contribution >= 0.6 is 11.3 Å². The van der Waals surface area contributed by atoms with E-state index in [-0.39, 0.29) is 5.75 Å². The second kappa shape index (κ2) is 5.45. The Kier molecular flexibility index (Phi) is 4.08. The third kappa shape index (κ3) is 3.23. The molecule has 0 aliphatic rings. The summed E-state index contributed by atoms with van der Waals surface area (Å²) in [5.74, 6) is -0.0137. The number of benzene rings is 1. The number of aryl methyl sites for hydroxylation is 1.